The molecule has 22 heavy (non-hydrogen) atoms. The third-order valence-electron chi connectivity index (χ3n) is 3.62. The molecule has 1 unspecified atom stereocenters. The number of nitrogens with zero attached hydrogens (tertiary/aromatic N) is 4. The standard InChI is InChI=1S/C16H32N6/c1-8-17-15(19-12(2)9-10-16(4,5)6)18-11-14-21-20-13(3)22(14)7/h12H,8-11H2,1-7H3,(H2,17,18,19). The first kappa shape index (κ1) is 18.5. The fraction of sp³-hybridized carbons (Fsp3) is 0.812. The van der Waals surface area contributed by atoms with Crippen LogP contribution in [0, 0.1) is 12.3 Å². The van der Waals surface area contributed by atoms with Crippen LogP contribution in [-0.2, 0) is 13.6 Å². The lowest BCUT2D eigenvalue weighted by molar-refractivity contribution is 0.346. The highest BCUT2D eigenvalue weighted by Crippen LogP contribution is 2.21. The van der Waals surface area contributed by atoms with Crippen molar-refractivity contribution in [1.82, 2.24) is 25.4 Å². The van der Waals surface area contributed by atoms with Crippen molar-refractivity contribution in [3.8, 4) is 0 Å². The van der Waals surface area contributed by atoms with Crippen LogP contribution < -0.4 is 10.6 Å². The number of aliphatic imine (C=N–C) groups is 1. The molecule has 6 heteroatoms. The average molecular weight is 308 g/mol. The molecule has 0 saturated heterocycles. The lowest BCUT2D eigenvalue weighted by Gasteiger charge is -2.23. The van der Waals surface area contributed by atoms with Crippen LogP contribution in [0.1, 0.15) is 59.1 Å². The van der Waals surface area contributed by atoms with Gasteiger partial charge in [0.15, 0.2) is 11.8 Å². The van der Waals surface area contributed by atoms with Gasteiger partial charge in [0.25, 0.3) is 0 Å². The molecule has 0 fully saturated rings. The second-order valence-corrected chi connectivity index (χ2v) is 7.06. The van der Waals surface area contributed by atoms with Crippen molar-refractivity contribution in [1.29, 1.82) is 0 Å². The number of nitrogens with one attached hydrogen (secondary N) is 2. The van der Waals surface area contributed by atoms with E-state index in [1.54, 1.807) is 0 Å². The number of rotatable bonds is 6. The van der Waals surface area contributed by atoms with Gasteiger partial charge in [-0.3, -0.25) is 0 Å². The number of hydrogen-bond acceptors (Lipinski definition) is 3. The Hall–Kier alpha value is -1.59. The van der Waals surface area contributed by atoms with E-state index in [0.29, 0.717) is 18.0 Å². The van der Waals surface area contributed by atoms with E-state index in [-0.39, 0.29) is 0 Å². The van der Waals surface area contributed by atoms with Gasteiger partial charge in [-0.1, -0.05) is 20.8 Å². The second kappa shape index (κ2) is 8.15. The molecule has 1 atom stereocenters. The van der Waals surface area contributed by atoms with Gasteiger partial charge >= 0.3 is 0 Å². The van der Waals surface area contributed by atoms with Gasteiger partial charge in [0.1, 0.15) is 12.4 Å². The maximum Gasteiger partial charge on any atom is 0.191 e. The lowest BCUT2D eigenvalue weighted by Crippen LogP contribution is -2.42. The molecule has 2 N–H and O–H groups in total. The minimum Gasteiger partial charge on any atom is -0.357 e. The van der Waals surface area contributed by atoms with Crippen molar-refractivity contribution in [2.45, 2.75) is 67.0 Å². The topological polar surface area (TPSA) is 67.1 Å². The Morgan fingerprint density at radius 1 is 1.32 bits per heavy atom. The summed E-state index contributed by atoms with van der Waals surface area (Å²) in [5, 5.41) is 15.0. The second-order valence-electron chi connectivity index (χ2n) is 7.06. The maximum atomic E-state index is 4.61. The Kier molecular flexibility index (Phi) is 6.84. The van der Waals surface area contributed by atoms with Crippen LogP contribution in [0.5, 0.6) is 0 Å². The Bertz CT molecular complexity index is 483. The third kappa shape index (κ3) is 6.45. The Labute approximate surface area is 134 Å². The normalized spacial score (nSPS) is 14.0. The summed E-state index contributed by atoms with van der Waals surface area (Å²) in [4.78, 5) is 4.61. The number of aryl methyl sites for hydroxylation is 1. The molecule has 0 bridgehead atoms. The van der Waals surface area contributed by atoms with Crippen LogP contribution in [0.4, 0.5) is 0 Å². The molecule has 0 aliphatic heterocycles. The van der Waals surface area contributed by atoms with Gasteiger partial charge in [-0.15, -0.1) is 10.2 Å². The van der Waals surface area contributed by atoms with E-state index in [9.17, 15) is 0 Å². The zero-order chi connectivity index (χ0) is 16.8. The van der Waals surface area contributed by atoms with E-state index in [1.165, 1.54) is 6.42 Å². The van der Waals surface area contributed by atoms with Gasteiger partial charge in [-0.25, -0.2) is 4.99 Å². The van der Waals surface area contributed by atoms with E-state index in [1.807, 2.05) is 18.5 Å². The summed E-state index contributed by atoms with van der Waals surface area (Å²) in [6, 6.07) is 0.387. The number of aromatic nitrogens is 3. The molecule has 0 aliphatic carbocycles. The van der Waals surface area contributed by atoms with Crippen LogP contribution in [0.25, 0.3) is 0 Å². The number of guanidine groups is 1. The summed E-state index contributed by atoms with van der Waals surface area (Å²) in [6.45, 7) is 14.4. The highest BCUT2D eigenvalue weighted by Gasteiger charge is 2.13. The van der Waals surface area contributed by atoms with Gasteiger partial charge in [0.05, 0.1) is 0 Å². The first-order valence-electron chi connectivity index (χ1n) is 8.12. The quantitative estimate of drug-likeness (QED) is 0.625. The van der Waals surface area contributed by atoms with Crippen LogP contribution in [0.15, 0.2) is 4.99 Å². The van der Waals surface area contributed by atoms with Crippen molar-refractivity contribution >= 4 is 5.96 Å². The summed E-state index contributed by atoms with van der Waals surface area (Å²) in [6.07, 6.45) is 2.31. The molecule has 6 nitrogen and oxygen atoms in total. The van der Waals surface area contributed by atoms with Gasteiger partial charge in [0, 0.05) is 19.6 Å². The maximum absolute atomic E-state index is 4.61. The SMILES string of the molecule is CCNC(=NCc1nnc(C)n1C)NC(C)CCC(C)(C)C. The van der Waals surface area contributed by atoms with Gasteiger partial charge in [-0.2, -0.15) is 0 Å². The summed E-state index contributed by atoms with van der Waals surface area (Å²) < 4.78 is 1.97. The fourth-order valence-electron chi connectivity index (χ4n) is 2.01. The molecule has 126 valence electrons. The minimum absolute atomic E-state index is 0.363. The zero-order valence-electron chi connectivity index (χ0n) is 15.2. The molecule has 0 aromatic carbocycles. The highest BCUT2D eigenvalue weighted by atomic mass is 15.3. The van der Waals surface area contributed by atoms with Crippen LogP contribution in [0.3, 0.4) is 0 Å². The molecule has 1 aromatic heterocycles. The van der Waals surface area contributed by atoms with Crippen molar-refractivity contribution in [2.75, 3.05) is 6.54 Å². The van der Waals surface area contributed by atoms with Gasteiger partial charge in [0.2, 0.25) is 0 Å². The molecule has 0 spiro atoms. The molecule has 0 aliphatic rings. The van der Waals surface area contributed by atoms with Crippen LogP contribution in [-0.4, -0.2) is 33.3 Å². The van der Waals surface area contributed by atoms with Crippen LogP contribution >= 0.6 is 0 Å². The third-order valence-corrected chi connectivity index (χ3v) is 3.62. The van der Waals surface area contributed by atoms with Crippen molar-refractivity contribution in [2.24, 2.45) is 17.5 Å². The van der Waals surface area contributed by atoms with Crippen LogP contribution in [0.2, 0.25) is 0 Å². The summed E-state index contributed by atoms with van der Waals surface area (Å²) in [5.41, 5.74) is 0.363. The predicted molar refractivity (Wildman–Crippen MR) is 91.8 cm³/mol. The van der Waals surface area contributed by atoms with Gasteiger partial charge in [-0.05, 0) is 39.0 Å². The highest BCUT2D eigenvalue weighted by molar-refractivity contribution is 5.79. The molecule has 0 saturated carbocycles. The van der Waals surface area contributed by atoms with E-state index < -0.39 is 0 Å². The molecule has 0 radical (unpaired) electrons. The monoisotopic (exact) mass is 308 g/mol. The minimum atomic E-state index is 0.363. The Balaban J connectivity index is 2.60. The predicted octanol–water partition coefficient (Wildman–Crippen LogP) is 2.39. The Morgan fingerprint density at radius 3 is 2.50 bits per heavy atom. The van der Waals surface area contributed by atoms with E-state index >= 15 is 0 Å². The molecular formula is C16H32N6. The van der Waals surface area contributed by atoms with Crippen molar-refractivity contribution < 1.29 is 0 Å². The molecule has 1 aromatic rings. The largest absolute Gasteiger partial charge is 0.357 e. The number of hydrogen-bond donors (Lipinski definition) is 2. The molecule has 0 amide bonds. The average Bonchev–Trinajstić information content (AvgIpc) is 2.73. The lowest BCUT2D eigenvalue weighted by atomic mass is 9.89. The van der Waals surface area contributed by atoms with E-state index in [0.717, 1.165) is 30.6 Å². The smallest absolute Gasteiger partial charge is 0.191 e. The first-order valence-corrected chi connectivity index (χ1v) is 8.12. The van der Waals surface area contributed by atoms with Gasteiger partial charge < -0.3 is 15.2 Å². The first-order chi connectivity index (χ1) is 10.2. The summed E-state index contributed by atoms with van der Waals surface area (Å²) in [7, 11) is 1.96. The van der Waals surface area contributed by atoms with E-state index in [2.05, 4.69) is 60.4 Å². The zero-order valence-corrected chi connectivity index (χ0v) is 15.2. The summed E-state index contributed by atoms with van der Waals surface area (Å²) >= 11 is 0. The fourth-order valence-corrected chi connectivity index (χ4v) is 2.01. The Morgan fingerprint density at radius 2 is 2.00 bits per heavy atom. The molecular weight excluding hydrogens is 276 g/mol. The van der Waals surface area contributed by atoms with Crippen molar-refractivity contribution in [3.05, 3.63) is 11.6 Å². The summed E-state index contributed by atoms with van der Waals surface area (Å²) in [5.74, 6) is 2.61. The van der Waals surface area contributed by atoms with Crippen molar-refractivity contribution in [3.63, 3.8) is 0 Å². The molecule has 1 rings (SSSR count). The van der Waals surface area contributed by atoms with E-state index in [4.69, 9.17) is 0 Å². The molecule has 1 heterocycles.